The Bertz CT molecular complexity index is 563. The molecular formula is C14H15NO5. The molecule has 1 aromatic carbocycles. The summed E-state index contributed by atoms with van der Waals surface area (Å²) in [7, 11) is 0. The molecule has 0 bridgehead atoms. The monoisotopic (exact) mass is 277 g/mol. The summed E-state index contributed by atoms with van der Waals surface area (Å²) in [4.78, 5) is 20.8. The lowest BCUT2D eigenvalue weighted by Gasteiger charge is -2.08. The predicted molar refractivity (Wildman–Crippen MR) is 74.7 cm³/mol. The van der Waals surface area contributed by atoms with Gasteiger partial charge in [-0.1, -0.05) is 19.6 Å². The van der Waals surface area contributed by atoms with Gasteiger partial charge in [-0.2, -0.15) is 0 Å². The molecule has 0 atom stereocenters. The fourth-order valence-corrected chi connectivity index (χ4v) is 1.35. The van der Waals surface area contributed by atoms with E-state index in [4.69, 9.17) is 9.84 Å². The van der Waals surface area contributed by atoms with Gasteiger partial charge in [0.2, 0.25) is 0 Å². The minimum Gasteiger partial charge on any atom is -0.482 e. The summed E-state index contributed by atoms with van der Waals surface area (Å²) in [5.74, 6) is -0.982. The van der Waals surface area contributed by atoms with E-state index in [1.54, 1.807) is 6.07 Å². The van der Waals surface area contributed by atoms with E-state index in [0.717, 1.165) is 18.1 Å². The number of aliphatic carboxylic acids is 1. The van der Waals surface area contributed by atoms with Gasteiger partial charge in [0.1, 0.15) is 6.61 Å². The Labute approximate surface area is 116 Å². The molecule has 0 saturated carbocycles. The maximum Gasteiger partial charge on any atom is 0.328 e. The van der Waals surface area contributed by atoms with Gasteiger partial charge in [-0.25, -0.2) is 4.79 Å². The van der Waals surface area contributed by atoms with Crippen molar-refractivity contribution in [3.63, 3.8) is 0 Å². The molecular weight excluding hydrogens is 262 g/mol. The van der Waals surface area contributed by atoms with Crippen LogP contribution in [-0.4, -0.2) is 22.6 Å². The lowest BCUT2D eigenvalue weighted by Crippen LogP contribution is -2.02. The quantitative estimate of drug-likeness (QED) is 0.358. The topological polar surface area (TPSA) is 89.7 Å². The Morgan fingerprint density at radius 3 is 2.80 bits per heavy atom. The number of carbonyl (C=O) groups is 1. The van der Waals surface area contributed by atoms with Crippen LogP contribution in [0.2, 0.25) is 0 Å². The van der Waals surface area contributed by atoms with Crippen molar-refractivity contribution in [2.75, 3.05) is 6.61 Å². The number of nitro groups is 1. The largest absolute Gasteiger partial charge is 0.482 e. The number of nitrogens with zero attached hydrogens (tertiary/aromatic N) is 1. The molecule has 0 aliphatic rings. The molecule has 6 heteroatoms. The second-order valence-corrected chi connectivity index (χ2v) is 4.05. The van der Waals surface area contributed by atoms with Crippen molar-refractivity contribution in [3.8, 4) is 5.75 Å². The van der Waals surface area contributed by atoms with Gasteiger partial charge in [-0.3, -0.25) is 10.1 Å². The fraction of sp³-hybridized carbons (Fsp3) is 0.214. The number of nitro benzene ring substituents is 1. The number of carboxylic acids is 1. The summed E-state index contributed by atoms with van der Waals surface area (Å²) < 4.78 is 5.35. The Balaban J connectivity index is 2.99. The number of hydrogen-bond donors (Lipinski definition) is 1. The van der Waals surface area contributed by atoms with Gasteiger partial charge in [0.05, 0.1) is 4.92 Å². The van der Waals surface area contributed by atoms with Crippen LogP contribution in [0.3, 0.4) is 0 Å². The van der Waals surface area contributed by atoms with E-state index in [-0.39, 0.29) is 18.0 Å². The van der Waals surface area contributed by atoms with Crippen LogP contribution in [0.4, 0.5) is 5.69 Å². The molecule has 0 heterocycles. The molecule has 1 N–H and O–H groups in total. The minimum atomic E-state index is -1.12. The molecule has 6 nitrogen and oxygen atoms in total. The van der Waals surface area contributed by atoms with Crippen LogP contribution in [0.15, 0.2) is 36.4 Å². The zero-order valence-corrected chi connectivity index (χ0v) is 11.0. The van der Waals surface area contributed by atoms with Crippen molar-refractivity contribution in [3.05, 3.63) is 52.1 Å². The number of hydrogen-bond acceptors (Lipinski definition) is 4. The highest BCUT2D eigenvalue weighted by Gasteiger charge is 2.15. The summed E-state index contributed by atoms with van der Waals surface area (Å²) >= 11 is 0. The highest BCUT2D eigenvalue weighted by atomic mass is 16.6. The maximum absolute atomic E-state index is 11.0. The van der Waals surface area contributed by atoms with Gasteiger partial charge in [-0.15, -0.1) is 0 Å². The molecule has 0 amide bonds. The Morgan fingerprint density at radius 2 is 2.25 bits per heavy atom. The average molecular weight is 277 g/mol. The molecule has 0 spiro atoms. The minimum absolute atomic E-state index is 0.136. The molecule has 1 aromatic rings. The smallest absolute Gasteiger partial charge is 0.328 e. The van der Waals surface area contributed by atoms with Gasteiger partial charge in [-0.05, 0) is 29.7 Å². The van der Waals surface area contributed by atoms with Crippen LogP contribution in [0, 0.1) is 10.1 Å². The fourth-order valence-electron chi connectivity index (χ4n) is 1.35. The number of rotatable bonds is 7. The lowest BCUT2D eigenvalue weighted by molar-refractivity contribution is -0.385. The first-order valence-corrected chi connectivity index (χ1v) is 5.93. The van der Waals surface area contributed by atoms with E-state index >= 15 is 0 Å². The highest BCUT2D eigenvalue weighted by molar-refractivity contribution is 5.85. The van der Waals surface area contributed by atoms with Crippen LogP contribution in [0.5, 0.6) is 5.75 Å². The van der Waals surface area contributed by atoms with Crippen molar-refractivity contribution in [1.29, 1.82) is 0 Å². The van der Waals surface area contributed by atoms with Crippen LogP contribution >= 0.6 is 0 Å². The molecule has 0 fully saturated rings. The first-order valence-electron chi connectivity index (χ1n) is 5.93. The van der Waals surface area contributed by atoms with Crippen molar-refractivity contribution in [2.45, 2.75) is 13.3 Å². The molecule has 0 aromatic heterocycles. The van der Waals surface area contributed by atoms with E-state index < -0.39 is 10.9 Å². The summed E-state index contributed by atoms with van der Waals surface area (Å²) in [6, 6.07) is 4.27. The molecule has 0 aliphatic carbocycles. The summed E-state index contributed by atoms with van der Waals surface area (Å²) in [5.41, 5.74) is 1.04. The van der Waals surface area contributed by atoms with Crippen LogP contribution in [-0.2, 0) is 4.79 Å². The zero-order chi connectivity index (χ0) is 15.1. The summed E-state index contributed by atoms with van der Waals surface area (Å²) in [6.45, 7) is 5.88. The van der Waals surface area contributed by atoms with Gasteiger partial charge in [0, 0.05) is 12.1 Å². The average Bonchev–Trinajstić information content (AvgIpc) is 2.42. The highest BCUT2D eigenvalue weighted by Crippen LogP contribution is 2.28. The number of benzene rings is 1. The van der Waals surface area contributed by atoms with Crippen molar-refractivity contribution in [2.24, 2.45) is 0 Å². The van der Waals surface area contributed by atoms with Gasteiger partial charge >= 0.3 is 11.7 Å². The summed E-state index contributed by atoms with van der Waals surface area (Å²) in [5, 5.41) is 19.5. The molecule has 0 radical (unpaired) electrons. The van der Waals surface area contributed by atoms with E-state index in [2.05, 4.69) is 6.58 Å². The third-order valence-electron chi connectivity index (χ3n) is 2.53. The second-order valence-electron chi connectivity index (χ2n) is 4.05. The molecule has 0 unspecified atom stereocenters. The zero-order valence-electron chi connectivity index (χ0n) is 11.0. The third-order valence-corrected chi connectivity index (χ3v) is 2.53. The van der Waals surface area contributed by atoms with Gasteiger partial charge < -0.3 is 9.84 Å². The standard InChI is InChI=1S/C14H15NO5/c1-3-10(2)9-20-13-6-4-11(5-7-14(16)17)8-12(13)15(18)19/h4-8H,2-3,9H2,1H3,(H,16,17). The van der Waals surface area contributed by atoms with Crippen LogP contribution in [0.25, 0.3) is 6.08 Å². The first kappa shape index (κ1) is 15.4. The summed E-state index contributed by atoms with van der Waals surface area (Å²) in [6.07, 6.45) is 2.93. The predicted octanol–water partition coefficient (Wildman–Crippen LogP) is 3.04. The van der Waals surface area contributed by atoms with Crippen LogP contribution in [0.1, 0.15) is 18.9 Å². The number of carboxylic acid groups (broad SMARTS) is 1. The Kier molecular flexibility index (Phi) is 5.46. The first-order chi connectivity index (χ1) is 9.43. The Morgan fingerprint density at radius 1 is 1.55 bits per heavy atom. The van der Waals surface area contributed by atoms with Gasteiger partial charge in [0.25, 0.3) is 0 Å². The number of ether oxygens (including phenoxy) is 1. The molecule has 0 saturated heterocycles. The maximum atomic E-state index is 11.0. The SMILES string of the molecule is C=C(CC)COc1ccc(C=CC(=O)O)cc1[N+](=O)[O-]. The third kappa shape index (κ3) is 4.56. The van der Waals surface area contributed by atoms with Crippen molar-refractivity contribution in [1.82, 2.24) is 0 Å². The van der Waals surface area contributed by atoms with E-state index in [0.29, 0.717) is 5.56 Å². The van der Waals surface area contributed by atoms with Crippen molar-refractivity contribution < 1.29 is 19.6 Å². The molecule has 106 valence electrons. The molecule has 0 aliphatic heterocycles. The molecule has 20 heavy (non-hydrogen) atoms. The van der Waals surface area contributed by atoms with Crippen molar-refractivity contribution >= 4 is 17.7 Å². The van der Waals surface area contributed by atoms with E-state index in [1.165, 1.54) is 18.2 Å². The second kappa shape index (κ2) is 7.08. The van der Waals surface area contributed by atoms with Gasteiger partial charge in [0.15, 0.2) is 5.75 Å². The molecule has 1 rings (SSSR count). The van der Waals surface area contributed by atoms with Crippen LogP contribution < -0.4 is 4.74 Å². The van der Waals surface area contributed by atoms with E-state index in [9.17, 15) is 14.9 Å². The normalized spacial score (nSPS) is 10.4. The lowest BCUT2D eigenvalue weighted by atomic mass is 10.1. The Hall–Kier alpha value is -2.63. The van der Waals surface area contributed by atoms with E-state index in [1.807, 2.05) is 6.92 Å².